The number of morpholine rings is 1. The molecule has 2 aromatic carbocycles. The molecule has 0 aromatic heterocycles. The van der Waals surface area contributed by atoms with E-state index in [0.717, 1.165) is 5.56 Å². The minimum Gasteiger partial charge on any atom is -0.488 e. The second-order valence-electron chi connectivity index (χ2n) is 6.40. The molecule has 0 bridgehead atoms. The van der Waals surface area contributed by atoms with Crippen LogP contribution in [-0.2, 0) is 16.1 Å². The fourth-order valence-corrected chi connectivity index (χ4v) is 2.87. The first kappa shape index (κ1) is 20.1. The average molecular weight is 392 g/mol. The van der Waals surface area contributed by atoms with Gasteiger partial charge in [-0.1, -0.05) is 30.3 Å². The monoisotopic (exact) mass is 392 g/mol. The Morgan fingerprint density at radius 2 is 1.83 bits per heavy atom. The highest BCUT2D eigenvalue weighted by Gasteiger charge is 2.21. The minimum atomic E-state index is -0.984. The summed E-state index contributed by atoms with van der Waals surface area (Å²) in [4.78, 5) is 25.1. The predicted molar refractivity (Wildman–Crippen MR) is 105 cm³/mol. The number of carboxylic acid groups (broad SMARTS) is 1. The molecule has 2 aromatic rings. The zero-order chi connectivity index (χ0) is 20.6. The number of amides is 1. The van der Waals surface area contributed by atoms with Crippen LogP contribution in [0.3, 0.4) is 0 Å². The third-order valence-corrected chi connectivity index (χ3v) is 4.46. The Kier molecular flexibility index (Phi) is 6.61. The maximum absolute atomic E-state index is 12.6. The zero-order valence-corrected chi connectivity index (χ0v) is 15.7. The predicted octanol–water partition coefficient (Wildman–Crippen LogP) is 2.73. The number of benzene rings is 2. The van der Waals surface area contributed by atoms with Gasteiger partial charge in [-0.2, -0.15) is 5.26 Å². The van der Waals surface area contributed by atoms with Gasteiger partial charge in [0.05, 0.1) is 18.8 Å². The molecule has 0 unspecified atom stereocenters. The Morgan fingerprint density at radius 1 is 1.14 bits per heavy atom. The van der Waals surface area contributed by atoms with E-state index in [1.54, 1.807) is 41.3 Å². The molecule has 1 fully saturated rings. The zero-order valence-electron chi connectivity index (χ0n) is 15.7. The van der Waals surface area contributed by atoms with E-state index >= 15 is 0 Å². The molecule has 7 nitrogen and oxygen atoms in total. The van der Waals surface area contributed by atoms with Gasteiger partial charge in [0.15, 0.2) is 0 Å². The lowest BCUT2D eigenvalue weighted by Gasteiger charge is -2.26. The van der Waals surface area contributed by atoms with E-state index in [1.165, 1.54) is 18.2 Å². The Morgan fingerprint density at radius 3 is 2.48 bits per heavy atom. The van der Waals surface area contributed by atoms with Gasteiger partial charge in [-0.15, -0.1) is 0 Å². The first-order valence-corrected chi connectivity index (χ1v) is 9.11. The summed E-state index contributed by atoms with van der Waals surface area (Å²) in [6.07, 6.45) is 1.53. The standard InChI is InChI=1S/C22H20N2O5/c23-14-19(21(25)24-9-11-28-12-10-24)13-18-3-1-2-4-20(18)29-15-16-5-7-17(8-6-16)22(26)27/h1-8,13H,9-12,15H2,(H,26,27)/b19-13-. The van der Waals surface area contributed by atoms with Crippen molar-refractivity contribution in [2.24, 2.45) is 0 Å². The summed E-state index contributed by atoms with van der Waals surface area (Å²) in [5.74, 6) is -0.783. The number of nitriles is 1. The van der Waals surface area contributed by atoms with Gasteiger partial charge in [-0.05, 0) is 29.8 Å². The van der Waals surface area contributed by atoms with Crippen LogP contribution in [0, 0.1) is 11.3 Å². The van der Waals surface area contributed by atoms with E-state index in [4.69, 9.17) is 14.6 Å². The van der Waals surface area contributed by atoms with Crippen molar-refractivity contribution in [2.45, 2.75) is 6.61 Å². The molecule has 0 radical (unpaired) electrons. The van der Waals surface area contributed by atoms with Crippen molar-refractivity contribution in [1.82, 2.24) is 4.90 Å². The summed E-state index contributed by atoms with van der Waals surface area (Å²) in [6, 6.07) is 15.5. The number of carbonyl (C=O) groups is 2. The molecular formula is C22H20N2O5. The van der Waals surface area contributed by atoms with Crippen LogP contribution in [0.4, 0.5) is 0 Å². The summed E-state index contributed by atoms with van der Waals surface area (Å²) >= 11 is 0. The molecule has 0 saturated carbocycles. The Labute approximate surface area is 168 Å². The Bertz CT molecular complexity index is 954. The lowest BCUT2D eigenvalue weighted by molar-refractivity contribution is -0.130. The highest BCUT2D eigenvalue weighted by Crippen LogP contribution is 2.23. The number of nitrogens with zero attached hydrogens (tertiary/aromatic N) is 2. The minimum absolute atomic E-state index is 0.0359. The molecule has 148 valence electrons. The molecular weight excluding hydrogens is 372 g/mol. The normalized spacial score (nSPS) is 14.2. The SMILES string of the molecule is N#C/C(=C/c1ccccc1OCc1ccc(C(=O)O)cc1)C(=O)N1CCOCC1. The van der Waals surface area contributed by atoms with Gasteiger partial charge < -0.3 is 19.5 Å². The van der Waals surface area contributed by atoms with Gasteiger partial charge in [0.1, 0.15) is 24.0 Å². The number of ether oxygens (including phenoxy) is 2. The van der Waals surface area contributed by atoms with Gasteiger partial charge in [-0.25, -0.2) is 4.79 Å². The van der Waals surface area contributed by atoms with Crippen molar-refractivity contribution in [3.05, 3.63) is 70.8 Å². The lowest BCUT2D eigenvalue weighted by Crippen LogP contribution is -2.41. The van der Waals surface area contributed by atoms with Crippen molar-refractivity contribution in [1.29, 1.82) is 5.26 Å². The second-order valence-corrected chi connectivity index (χ2v) is 6.40. The van der Waals surface area contributed by atoms with Gasteiger partial charge in [0.2, 0.25) is 0 Å². The summed E-state index contributed by atoms with van der Waals surface area (Å²) in [5, 5.41) is 18.4. The van der Waals surface area contributed by atoms with Crippen LogP contribution in [0.1, 0.15) is 21.5 Å². The molecule has 29 heavy (non-hydrogen) atoms. The van der Waals surface area contributed by atoms with Crippen molar-refractivity contribution < 1.29 is 24.2 Å². The summed E-state index contributed by atoms with van der Waals surface area (Å²) < 4.78 is 11.1. The van der Waals surface area contributed by atoms with Crippen LogP contribution in [0.2, 0.25) is 0 Å². The average Bonchev–Trinajstić information content (AvgIpc) is 2.77. The van der Waals surface area contributed by atoms with Gasteiger partial charge in [0, 0.05) is 18.7 Å². The van der Waals surface area contributed by atoms with Gasteiger partial charge >= 0.3 is 5.97 Å². The summed E-state index contributed by atoms with van der Waals surface area (Å²) in [7, 11) is 0. The molecule has 1 saturated heterocycles. The third-order valence-electron chi connectivity index (χ3n) is 4.46. The van der Waals surface area contributed by atoms with E-state index in [1.807, 2.05) is 6.07 Å². The largest absolute Gasteiger partial charge is 0.488 e. The van der Waals surface area contributed by atoms with Crippen LogP contribution in [0.25, 0.3) is 6.08 Å². The third kappa shape index (κ3) is 5.21. The Hall–Kier alpha value is -3.63. The van der Waals surface area contributed by atoms with Crippen molar-refractivity contribution in [3.8, 4) is 11.8 Å². The van der Waals surface area contributed by atoms with Gasteiger partial charge in [-0.3, -0.25) is 4.79 Å². The van der Waals surface area contributed by atoms with Crippen LogP contribution in [0.15, 0.2) is 54.1 Å². The maximum atomic E-state index is 12.6. The molecule has 0 atom stereocenters. The number of carbonyl (C=O) groups excluding carboxylic acids is 1. The topological polar surface area (TPSA) is 99.9 Å². The lowest BCUT2D eigenvalue weighted by atomic mass is 10.1. The number of carboxylic acids is 1. The van der Waals surface area contributed by atoms with Crippen molar-refractivity contribution in [3.63, 3.8) is 0 Å². The van der Waals surface area contributed by atoms with Crippen molar-refractivity contribution >= 4 is 18.0 Å². The van der Waals surface area contributed by atoms with E-state index in [9.17, 15) is 14.9 Å². The van der Waals surface area contributed by atoms with E-state index in [-0.39, 0.29) is 23.7 Å². The van der Waals surface area contributed by atoms with E-state index in [0.29, 0.717) is 37.6 Å². The quantitative estimate of drug-likeness (QED) is 0.599. The molecule has 1 aliphatic heterocycles. The van der Waals surface area contributed by atoms with E-state index in [2.05, 4.69) is 0 Å². The molecule has 1 aliphatic rings. The highest BCUT2D eigenvalue weighted by molar-refractivity contribution is 6.02. The molecule has 0 aliphatic carbocycles. The number of hydrogen-bond donors (Lipinski definition) is 1. The first-order chi connectivity index (χ1) is 14.1. The molecule has 7 heteroatoms. The molecule has 1 N–H and O–H groups in total. The number of hydrogen-bond acceptors (Lipinski definition) is 5. The molecule has 1 amide bonds. The number of aromatic carboxylic acids is 1. The Balaban J connectivity index is 1.75. The second kappa shape index (κ2) is 9.53. The maximum Gasteiger partial charge on any atom is 0.335 e. The van der Waals surface area contributed by atoms with Crippen LogP contribution < -0.4 is 4.74 Å². The smallest absolute Gasteiger partial charge is 0.335 e. The highest BCUT2D eigenvalue weighted by atomic mass is 16.5. The molecule has 1 heterocycles. The van der Waals surface area contributed by atoms with Gasteiger partial charge in [0.25, 0.3) is 5.91 Å². The molecule has 0 spiro atoms. The van der Waals surface area contributed by atoms with Crippen LogP contribution >= 0.6 is 0 Å². The van der Waals surface area contributed by atoms with Crippen LogP contribution in [-0.4, -0.2) is 48.2 Å². The van der Waals surface area contributed by atoms with Crippen molar-refractivity contribution in [2.75, 3.05) is 26.3 Å². The first-order valence-electron chi connectivity index (χ1n) is 9.11. The number of rotatable bonds is 6. The summed E-state index contributed by atoms with van der Waals surface area (Å²) in [6.45, 7) is 2.07. The summed E-state index contributed by atoms with van der Waals surface area (Å²) in [5.41, 5.74) is 1.66. The number of para-hydroxylation sites is 1. The fraction of sp³-hybridized carbons (Fsp3) is 0.227. The van der Waals surface area contributed by atoms with Crippen LogP contribution in [0.5, 0.6) is 5.75 Å². The molecule has 3 rings (SSSR count). The van der Waals surface area contributed by atoms with E-state index < -0.39 is 5.97 Å². The fourth-order valence-electron chi connectivity index (χ4n) is 2.87.